The Bertz CT molecular complexity index is 2210. The molecular weight excluding hydrogens is 1320 g/mol. The Morgan fingerprint density at radius 1 is 0.486 bits per heavy atom. The molecule has 8 heterocycles. The van der Waals surface area contributed by atoms with Crippen LogP contribution in [0.2, 0.25) is 0 Å². The highest BCUT2D eigenvalue weighted by molar-refractivity contribution is 5.10. The number of hydrogen-bond acceptors (Lipinski definition) is 17. The van der Waals surface area contributed by atoms with Gasteiger partial charge in [-0.2, -0.15) is 0 Å². The average Bonchev–Trinajstić information content (AvgIpc) is 1.67. The molecule has 8 saturated heterocycles. The molecule has 0 aliphatic carbocycles. The van der Waals surface area contributed by atoms with Crippen LogP contribution < -0.4 is 33.6 Å². The minimum atomic E-state index is 0.235. The standard InChI is InChI=1S/C15H32N2.C14H31N3.C13H26N2.C13H28N2.C12H26N2O.C12H26N2.C11H24N2O/c1-5-8-9-10-11-13-12-14(16)15(4,6-2)17(13)7-3;1-6-14(7-2)13(9-11-17(14)8-3)15-10-12-16(4)5;1-11(2)15-10-7-12(13(15,3)4)14-8-5-6-9-14;1-4-6-7-8-10-15-11-9-12(14)13(15,3)5-2;1-4-12(5-2)11(13-8-10-15)7-9-14(12)6-3;1-6-12(7-2)10(13)8-9-14(12)11(3,4)5;1-4-11(5-2)10(12)6-7-13(11)8-9-14-3/h13-14H,5-12,16H2,1-4H3;13,15H,6-12H2,1-5H3;11-12H,5-10H2,1-4H3;12H,4-11,14H2,1-3H3;11,13,15H,4-10H2,1-3H3;10H,6-9,13H2,1-5H3;10H,4-9,12H2,1-3H3. The average molecular weight is 1520 g/mol. The monoisotopic (exact) mass is 1520 g/mol. The van der Waals surface area contributed by atoms with Crippen molar-refractivity contribution in [3.05, 3.63) is 0 Å². The van der Waals surface area contributed by atoms with Crippen molar-refractivity contribution in [1.29, 1.82) is 0 Å². The van der Waals surface area contributed by atoms with Crippen molar-refractivity contribution >= 4 is 0 Å². The summed E-state index contributed by atoms with van der Waals surface area (Å²) in [6.07, 6.45) is 35.5. The van der Waals surface area contributed by atoms with Crippen LogP contribution in [0.15, 0.2) is 0 Å². The first-order chi connectivity index (χ1) is 50.7. The van der Waals surface area contributed by atoms with Crippen molar-refractivity contribution in [2.75, 3.05) is 139 Å². The molecule has 0 amide bonds. The van der Waals surface area contributed by atoms with Crippen LogP contribution in [0, 0.1) is 0 Å². The molecule has 0 bridgehead atoms. The molecule has 8 aliphatic heterocycles. The highest BCUT2D eigenvalue weighted by atomic mass is 16.5. The SMILES string of the molecule is CC(C)N1CCC(N2CCCC2)C1(C)C.CCC1(CC)C(N)CCN1C(C)(C)C.CCC1(CC)C(N)CCN1CCOC.CCCCCCC1CC(N)C(C)(CC)N1CC.CCCCCCN1CCC(N)C1(C)CC.CCN1CCC(NCCN(C)C)C1(CC)CC.CCN1CCC(NCCO)C1(CC)CC. The summed E-state index contributed by atoms with van der Waals surface area (Å²) in [5.74, 6) is 0. The Labute approximate surface area is 667 Å². The zero-order valence-electron chi connectivity index (χ0n) is 76.9. The quantitative estimate of drug-likeness (QED) is 0.0297. The fourth-order valence-corrected chi connectivity index (χ4v) is 22.4. The second kappa shape index (κ2) is 50.7. The molecule has 107 heavy (non-hydrogen) atoms. The lowest BCUT2D eigenvalue weighted by atomic mass is 9.83. The van der Waals surface area contributed by atoms with E-state index in [4.69, 9.17) is 32.8 Å². The summed E-state index contributed by atoms with van der Waals surface area (Å²) in [6.45, 7) is 75.0. The molecule has 0 radical (unpaired) electrons. The first kappa shape index (κ1) is 102. The third-order valence-corrected chi connectivity index (χ3v) is 29.8. The highest BCUT2D eigenvalue weighted by Gasteiger charge is 2.51. The van der Waals surface area contributed by atoms with Crippen LogP contribution in [-0.4, -0.2) is 287 Å². The number of rotatable bonds is 35. The van der Waals surface area contributed by atoms with Crippen LogP contribution in [0.3, 0.4) is 0 Å². The molecule has 0 aromatic carbocycles. The maximum atomic E-state index is 8.89. The summed E-state index contributed by atoms with van der Waals surface area (Å²) in [5, 5.41) is 16.2. The number of unbranched alkanes of at least 4 members (excludes halogenated alkanes) is 6. The van der Waals surface area contributed by atoms with Crippen LogP contribution in [0.1, 0.15) is 346 Å². The zero-order chi connectivity index (χ0) is 81.0. The maximum Gasteiger partial charge on any atom is 0.0589 e. The molecular formula is C90H193N15O2. The Kier molecular flexibility index (Phi) is 48.5. The van der Waals surface area contributed by atoms with Gasteiger partial charge in [-0.3, -0.25) is 39.2 Å². The van der Waals surface area contributed by atoms with E-state index in [2.05, 4.69) is 235 Å². The van der Waals surface area contributed by atoms with E-state index in [1.165, 1.54) is 206 Å². The second-order valence-corrected chi connectivity index (χ2v) is 36.6. The largest absolute Gasteiger partial charge is 0.395 e. The van der Waals surface area contributed by atoms with Crippen LogP contribution in [0.25, 0.3) is 0 Å². The van der Waals surface area contributed by atoms with Crippen molar-refractivity contribution < 1.29 is 9.84 Å². The lowest BCUT2D eigenvalue weighted by Crippen LogP contribution is -2.58. The van der Waals surface area contributed by atoms with Gasteiger partial charge in [-0.25, -0.2) is 0 Å². The van der Waals surface area contributed by atoms with Crippen LogP contribution >= 0.6 is 0 Å². The lowest BCUT2D eigenvalue weighted by Gasteiger charge is -2.47. The number of ether oxygens (including phenoxy) is 1. The first-order valence-electron chi connectivity index (χ1n) is 46.0. The van der Waals surface area contributed by atoms with Crippen LogP contribution in [-0.2, 0) is 4.74 Å². The molecule has 11 N–H and O–H groups in total. The van der Waals surface area contributed by atoms with Crippen molar-refractivity contribution in [3.8, 4) is 0 Å². The van der Waals surface area contributed by atoms with Crippen LogP contribution in [0.4, 0.5) is 0 Å². The molecule has 10 atom stereocenters. The number of hydrogen-bond donors (Lipinski definition) is 7. The minimum Gasteiger partial charge on any atom is -0.395 e. The topological polar surface area (TPSA) is 187 Å². The molecule has 640 valence electrons. The number of likely N-dealkylation sites (tertiary alicyclic amines) is 8. The van der Waals surface area contributed by atoms with Crippen LogP contribution in [0.5, 0.6) is 0 Å². The van der Waals surface area contributed by atoms with Gasteiger partial charge in [0.2, 0.25) is 0 Å². The number of nitrogens with two attached hydrogens (primary N) is 4. The predicted molar refractivity (Wildman–Crippen MR) is 470 cm³/mol. The normalized spacial score (nSPS) is 29.4. The number of methoxy groups -OCH3 is 1. The molecule has 17 nitrogen and oxygen atoms in total. The Morgan fingerprint density at radius 2 is 0.953 bits per heavy atom. The molecule has 10 unspecified atom stereocenters. The molecule has 0 saturated carbocycles. The summed E-state index contributed by atoms with van der Waals surface area (Å²) in [4.78, 5) is 23.3. The summed E-state index contributed by atoms with van der Waals surface area (Å²) in [7, 11) is 6.04. The summed E-state index contributed by atoms with van der Waals surface area (Å²) < 4.78 is 5.14. The van der Waals surface area contributed by atoms with E-state index in [1.54, 1.807) is 7.11 Å². The van der Waals surface area contributed by atoms with Gasteiger partial charge in [0, 0.05) is 171 Å². The lowest BCUT2D eigenvalue weighted by molar-refractivity contribution is 0.0295. The molecule has 8 rings (SSSR count). The molecule has 17 heteroatoms. The maximum absolute atomic E-state index is 8.89. The van der Waals surface area contributed by atoms with Crippen molar-refractivity contribution in [2.24, 2.45) is 22.9 Å². The molecule has 0 aromatic rings. The van der Waals surface area contributed by atoms with E-state index in [9.17, 15) is 0 Å². The number of likely N-dealkylation sites (N-methyl/N-ethyl adjacent to an activating group) is 4. The summed E-state index contributed by atoms with van der Waals surface area (Å²) >= 11 is 0. The summed E-state index contributed by atoms with van der Waals surface area (Å²) in [5.41, 5.74) is 27.4. The van der Waals surface area contributed by atoms with E-state index in [0.717, 1.165) is 96.7 Å². The Hall–Kier alpha value is -0.680. The van der Waals surface area contributed by atoms with Gasteiger partial charge in [0.15, 0.2) is 0 Å². The molecule has 0 spiro atoms. The van der Waals surface area contributed by atoms with Gasteiger partial charge in [0.25, 0.3) is 0 Å². The Morgan fingerprint density at radius 3 is 1.37 bits per heavy atom. The van der Waals surface area contributed by atoms with E-state index < -0.39 is 0 Å². The molecule has 0 aromatic heterocycles. The summed E-state index contributed by atoms with van der Waals surface area (Å²) in [6, 6.07) is 4.90. The van der Waals surface area contributed by atoms with Gasteiger partial charge in [0.1, 0.15) is 0 Å². The van der Waals surface area contributed by atoms with Crippen molar-refractivity contribution in [3.63, 3.8) is 0 Å². The second-order valence-electron chi connectivity index (χ2n) is 36.6. The molecule has 8 fully saturated rings. The first-order valence-corrected chi connectivity index (χ1v) is 46.0. The highest BCUT2D eigenvalue weighted by Crippen LogP contribution is 2.42. The van der Waals surface area contributed by atoms with E-state index >= 15 is 0 Å². The van der Waals surface area contributed by atoms with E-state index in [-0.39, 0.29) is 34.3 Å². The van der Waals surface area contributed by atoms with Gasteiger partial charge < -0.3 is 48.3 Å². The number of aliphatic hydroxyl groups excluding tert-OH is 1. The van der Waals surface area contributed by atoms with E-state index in [0.29, 0.717) is 58.9 Å². The van der Waals surface area contributed by atoms with Gasteiger partial charge in [0.05, 0.1) is 13.2 Å². The number of nitrogens with one attached hydrogen (secondary N) is 2. The van der Waals surface area contributed by atoms with Gasteiger partial charge in [-0.1, -0.05) is 149 Å². The van der Waals surface area contributed by atoms with Gasteiger partial charge >= 0.3 is 0 Å². The minimum absolute atomic E-state index is 0.235. The van der Waals surface area contributed by atoms with Gasteiger partial charge in [-0.05, 0) is 251 Å². The molecule has 8 aliphatic rings. The number of aliphatic hydroxyl groups is 1. The van der Waals surface area contributed by atoms with Crippen molar-refractivity contribution in [1.82, 2.24) is 54.7 Å². The Balaban J connectivity index is 0.000000424. The number of nitrogens with zero attached hydrogens (tertiary/aromatic N) is 9. The zero-order valence-corrected chi connectivity index (χ0v) is 76.9. The van der Waals surface area contributed by atoms with Crippen molar-refractivity contribution in [2.45, 2.75) is 445 Å². The van der Waals surface area contributed by atoms with Gasteiger partial charge in [-0.15, -0.1) is 0 Å². The third kappa shape index (κ3) is 26.9. The third-order valence-electron chi connectivity index (χ3n) is 29.8. The predicted octanol–water partition coefficient (Wildman–Crippen LogP) is 15.3. The smallest absolute Gasteiger partial charge is 0.0589 e. The van der Waals surface area contributed by atoms with E-state index in [1.807, 2.05) is 0 Å². The fourth-order valence-electron chi connectivity index (χ4n) is 22.4. The fraction of sp³-hybridized carbons (Fsp3) is 1.00.